The van der Waals surface area contributed by atoms with Crippen LogP contribution in [0.25, 0.3) is 0 Å². The summed E-state index contributed by atoms with van der Waals surface area (Å²) >= 11 is 0. The summed E-state index contributed by atoms with van der Waals surface area (Å²) in [5.41, 5.74) is 0.416. The minimum atomic E-state index is -2.93. The Labute approximate surface area is 136 Å². The molecule has 0 aliphatic carbocycles. The van der Waals surface area contributed by atoms with E-state index in [1.165, 1.54) is 12.5 Å². The van der Waals surface area contributed by atoms with E-state index in [-0.39, 0.29) is 11.5 Å². The van der Waals surface area contributed by atoms with E-state index in [0.717, 1.165) is 0 Å². The normalized spacial score (nSPS) is 20.0. The van der Waals surface area contributed by atoms with Gasteiger partial charge < -0.3 is 18.7 Å². The third-order valence-corrected chi connectivity index (χ3v) is 3.47. The van der Waals surface area contributed by atoms with Gasteiger partial charge in [0.05, 0.1) is 12.3 Å². The fourth-order valence-corrected chi connectivity index (χ4v) is 2.36. The Hall–Kier alpha value is -2.71. The molecule has 0 saturated carbocycles. The van der Waals surface area contributed by atoms with E-state index in [1.54, 1.807) is 26.0 Å². The molecule has 3 rings (SSSR count). The molecule has 0 spiro atoms. The van der Waals surface area contributed by atoms with Crippen LogP contribution < -0.4 is 9.47 Å². The number of nitrogens with zero attached hydrogens (tertiary/aromatic N) is 3. The lowest BCUT2D eigenvalue weighted by Crippen LogP contribution is -2.22. The Kier molecular flexibility index (Phi) is 4.32. The molecule has 1 aromatic carbocycles. The predicted molar refractivity (Wildman–Crippen MR) is 78.1 cm³/mol. The molecular formula is C15H15F2N3O4. The number of aromatic nitrogens is 2. The van der Waals surface area contributed by atoms with Gasteiger partial charge in [-0.15, -0.1) is 10.2 Å². The van der Waals surface area contributed by atoms with Crippen LogP contribution in [0.2, 0.25) is 0 Å². The maximum Gasteiger partial charge on any atom is 0.387 e. The molecule has 0 bridgehead atoms. The van der Waals surface area contributed by atoms with Crippen molar-refractivity contribution in [3.8, 4) is 11.5 Å². The third-order valence-electron chi connectivity index (χ3n) is 3.47. The van der Waals surface area contributed by atoms with Crippen LogP contribution in [0.5, 0.6) is 11.5 Å². The average molecular weight is 339 g/mol. The number of hydrogen-bond donors (Lipinski definition) is 0. The third kappa shape index (κ3) is 3.15. The molecule has 2 aromatic rings. The average Bonchev–Trinajstić information content (AvgIpc) is 3.19. The standard InChI is InChI=1S/C15H15F2N3O4/c1-3-21-12-6-9(4-5-11(12)23-14(16)17)10-7-15(2,24-20-10)13-19-18-8-22-13/h4-6,8,14H,3,7H2,1-2H3/t15-/m1/s1. The lowest BCUT2D eigenvalue weighted by molar-refractivity contribution is -0.0514. The summed E-state index contributed by atoms with van der Waals surface area (Å²) in [6.07, 6.45) is 1.60. The van der Waals surface area contributed by atoms with Gasteiger partial charge >= 0.3 is 6.61 Å². The second kappa shape index (κ2) is 6.42. The van der Waals surface area contributed by atoms with Crippen molar-refractivity contribution >= 4 is 5.71 Å². The van der Waals surface area contributed by atoms with E-state index in [0.29, 0.717) is 30.2 Å². The van der Waals surface area contributed by atoms with Crippen LogP contribution in [0.3, 0.4) is 0 Å². The van der Waals surface area contributed by atoms with Gasteiger partial charge in [0.25, 0.3) is 5.89 Å². The van der Waals surface area contributed by atoms with Crippen LogP contribution in [0, 0.1) is 0 Å². The van der Waals surface area contributed by atoms with Gasteiger partial charge in [0.2, 0.25) is 12.0 Å². The first kappa shape index (κ1) is 16.2. The van der Waals surface area contributed by atoms with Crippen LogP contribution in [0.1, 0.15) is 31.7 Å². The van der Waals surface area contributed by atoms with E-state index in [1.807, 2.05) is 0 Å². The summed E-state index contributed by atoms with van der Waals surface area (Å²) in [6, 6.07) is 4.61. The van der Waals surface area contributed by atoms with E-state index < -0.39 is 12.2 Å². The van der Waals surface area contributed by atoms with Gasteiger partial charge in [0.1, 0.15) is 0 Å². The van der Waals surface area contributed by atoms with Crippen molar-refractivity contribution in [2.75, 3.05) is 6.61 Å². The summed E-state index contributed by atoms with van der Waals surface area (Å²) in [5.74, 6) is 0.489. The predicted octanol–water partition coefficient (Wildman–Crippen LogP) is 3.11. The maximum absolute atomic E-state index is 12.5. The summed E-state index contributed by atoms with van der Waals surface area (Å²) in [4.78, 5) is 5.45. The van der Waals surface area contributed by atoms with Gasteiger partial charge in [-0.1, -0.05) is 5.16 Å². The van der Waals surface area contributed by atoms with Crippen molar-refractivity contribution in [1.29, 1.82) is 0 Å². The SMILES string of the molecule is CCOc1cc(C2=NO[C@@](C)(c3nnco3)C2)ccc1OC(F)F. The molecule has 0 amide bonds. The number of ether oxygens (including phenoxy) is 2. The smallest absolute Gasteiger partial charge is 0.387 e. The molecule has 1 atom stereocenters. The zero-order chi connectivity index (χ0) is 17.2. The highest BCUT2D eigenvalue weighted by Crippen LogP contribution is 2.37. The molecule has 24 heavy (non-hydrogen) atoms. The Morgan fingerprint density at radius 3 is 2.83 bits per heavy atom. The van der Waals surface area contributed by atoms with Crippen LogP contribution >= 0.6 is 0 Å². The van der Waals surface area contributed by atoms with Crippen molar-refractivity contribution in [2.24, 2.45) is 5.16 Å². The number of oxime groups is 1. The van der Waals surface area contributed by atoms with Gasteiger partial charge in [-0.3, -0.25) is 0 Å². The fourth-order valence-electron chi connectivity index (χ4n) is 2.36. The molecule has 2 heterocycles. The van der Waals surface area contributed by atoms with Gasteiger partial charge in [-0.25, -0.2) is 0 Å². The largest absolute Gasteiger partial charge is 0.490 e. The molecule has 0 fully saturated rings. The molecule has 0 radical (unpaired) electrons. The number of benzene rings is 1. The Balaban J connectivity index is 1.84. The molecule has 1 aliphatic rings. The molecule has 9 heteroatoms. The van der Waals surface area contributed by atoms with E-state index in [4.69, 9.17) is 14.0 Å². The highest BCUT2D eigenvalue weighted by Gasteiger charge is 2.41. The van der Waals surface area contributed by atoms with E-state index >= 15 is 0 Å². The first-order valence-electron chi connectivity index (χ1n) is 7.25. The fraction of sp³-hybridized carbons (Fsp3) is 0.400. The molecule has 0 unspecified atom stereocenters. The van der Waals surface area contributed by atoms with Gasteiger partial charge in [-0.05, 0) is 32.0 Å². The van der Waals surface area contributed by atoms with Crippen molar-refractivity contribution in [1.82, 2.24) is 10.2 Å². The van der Waals surface area contributed by atoms with E-state index in [2.05, 4.69) is 20.1 Å². The van der Waals surface area contributed by atoms with Gasteiger partial charge in [0, 0.05) is 12.0 Å². The molecule has 128 valence electrons. The number of rotatable bonds is 6. The maximum atomic E-state index is 12.5. The summed E-state index contributed by atoms with van der Waals surface area (Å²) < 4.78 is 39.9. The molecular weight excluding hydrogens is 324 g/mol. The van der Waals surface area contributed by atoms with E-state index in [9.17, 15) is 8.78 Å². The quantitative estimate of drug-likeness (QED) is 0.804. The van der Waals surface area contributed by atoms with Crippen molar-refractivity contribution in [3.63, 3.8) is 0 Å². The van der Waals surface area contributed by atoms with Crippen molar-refractivity contribution in [2.45, 2.75) is 32.5 Å². The molecule has 1 aliphatic heterocycles. The van der Waals surface area contributed by atoms with Crippen LogP contribution in [-0.4, -0.2) is 29.1 Å². The number of halogens is 2. The molecule has 7 nitrogen and oxygen atoms in total. The highest BCUT2D eigenvalue weighted by atomic mass is 19.3. The lowest BCUT2D eigenvalue weighted by Gasteiger charge is -2.16. The van der Waals surface area contributed by atoms with Crippen molar-refractivity contribution < 1.29 is 27.5 Å². The van der Waals surface area contributed by atoms with Crippen LogP contribution in [0.4, 0.5) is 8.78 Å². The van der Waals surface area contributed by atoms with Crippen molar-refractivity contribution in [3.05, 3.63) is 36.0 Å². The molecule has 0 saturated heterocycles. The Bertz CT molecular complexity index is 736. The minimum Gasteiger partial charge on any atom is -0.490 e. The zero-order valence-electron chi connectivity index (χ0n) is 13.0. The minimum absolute atomic E-state index is 0.0326. The monoisotopic (exact) mass is 339 g/mol. The van der Waals surface area contributed by atoms with Crippen LogP contribution in [-0.2, 0) is 10.4 Å². The number of hydrogen-bond acceptors (Lipinski definition) is 7. The molecule has 1 aromatic heterocycles. The van der Waals surface area contributed by atoms with Gasteiger partial charge in [-0.2, -0.15) is 8.78 Å². The topological polar surface area (TPSA) is 79.0 Å². The number of alkyl halides is 2. The Morgan fingerprint density at radius 1 is 1.33 bits per heavy atom. The summed E-state index contributed by atoms with van der Waals surface area (Å²) in [6.45, 7) is 0.908. The second-order valence-corrected chi connectivity index (χ2v) is 5.25. The molecule has 0 N–H and O–H groups in total. The first-order chi connectivity index (χ1) is 11.5. The lowest BCUT2D eigenvalue weighted by atomic mass is 9.95. The summed E-state index contributed by atoms with van der Waals surface area (Å²) in [7, 11) is 0. The highest BCUT2D eigenvalue weighted by molar-refractivity contribution is 6.02. The first-order valence-corrected chi connectivity index (χ1v) is 7.25. The summed E-state index contributed by atoms with van der Waals surface area (Å²) in [5, 5.41) is 11.5. The second-order valence-electron chi connectivity index (χ2n) is 5.25. The van der Waals surface area contributed by atoms with Gasteiger partial charge in [0.15, 0.2) is 11.5 Å². The Morgan fingerprint density at radius 2 is 2.17 bits per heavy atom. The van der Waals surface area contributed by atoms with Crippen LogP contribution in [0.15, 0.2) is 34.2 Å². The zero-order valence-corrected chi connectivity index (χ0v) is 13.0.